The Balaban J connectivity index is 1.72. The molecule has 0 atom stereocenters. The number of rotatable bonds is 3. The number of amides is 1. The Labute approximate surface area is 119 Å². The van der Waals surface area contributed by atoms with Gasteiger partial charge >= 0.3 is 0 Å². The molecule has 2 heterocycles. The zero-order valence-electron chi connectivity index (χ0n) is 11.0. The van der Waals surface area contributed by atoms with E-state index in [9.17, 15) is 9.59 Å². The SMILES string of the molecule is O=C(NCc1cnc2ccccc2c1)c1ccc(=O)[nH]n1. The lowest BCUT2D eigenvalue weighted by Gasteiger charge is -2.05. The molecule has 0 spiro atoms. The summed E-state index contributed by atoms with van der Waals surface area (Å²) in [6, 6.07) is 12.4. The van der Waals surface area contributed by atoms with Crippen LogP contribution in [0.3, 0.4) is 0 Å². The molecule has 0 bridgehead atoms. The minimum Gasteiger partial charge on any atom is -0.347 e. The van der Waals surface area contributed by atoms with Gasteiger partial charge in [-0.1, -0.05) is 18.2 Å². The molecule has 3 rings (SSSR count). The van der Waals surface area contributed by atoms with Crippen LogP contribution in [0.1, 0.15) is 16.1 Å². The second-order valence-corrected chi connectivity index (χ2v) is 4.53. The largest absolute Gasteiger partial charge is 0.347 e. The number of benzene rings is 1. The maximum atomic E-state index is 11.9. The Morgan fingerprint density at radius 3 is 2.86 bits per heavy atom. The first kappa shape index (κ1) is 13.0. The maximum Gasteiger partial charge on any atom is 0.271 e. The molecule has 2 aromatic heterocycles. The Morgan fingerprint density at radius 2 is 2.05 bits per heavy atom. The molecular formula is C15H12N4O2. The average Bonchev–Trinajstić information content (AvgIpc) is 2.53. The lowest BCUT2D eigenvalue weighted by atomic mass is 10.1. The third kappa shape index (κ3) is 2.94. The monoisotopic (exact) mass is 280 g/mol. The predicted octanol–water partition coefficient (Wildman–Crippen LogP) is 1.25. The maximum absolute atomic E-state index is 11.9. The van der Waals surface area contributed by atoms with E-state index in [1.165, 1.54) is 12.1 Å². The number of nitrogens with zero attached hydrogens (tertiary/aromatic N) is 2. The number of aromatic amines is 1. The summed E-state index contributed by atoms with van der Waals surface area (Å²) in [5, 5.41) is 9.66. The molecule has 0 aliphatic rings. The number of nitrogens with one attached hydrogen (secondary N) is 2. The second-order valence-electron chi connectivity index (χ2n) is 4.53. The summed E-state index contributed by atoms with van der Waals surface area (Å²) in [5.41, 5.74) is 1.63. The first-order valence-electron chi connectivity index (χ1n) is 6.40. The first-order valence-corrected chi connectivity index (χ1v) is 6.40. The fourth-order valence-corrected chi connectivity index (χ4v) is 1.96. The fourth-order valence-electron chi connectivity index (χ4n) is 1.96. The summed E-state index contributed by atoms with van der Waals surface area (Å²) < 4.78 is 0. The summed E-state index contributed by atoms with van der Waals surface area (Å²) in [7, 11) is 0. The van der Waals surface area contributed by atoms with Crippen molar-refractivity contribution in [2.24, 2.45) is 0 Å². The van der Waals surface area contributed by atoms with Gasteiger partial charge in [-0.2, -0.15) is 5.10 Å². The molecular weight excluding hydrogens is 268 g/mol. The minimum absolute atomic E-state index is 0.170. The normalized spacial score (nSPS) is 10.5. The van der Waals surface area contributed by atoms with Crippen molar-refractivity contribution in [2.45, 2.75) is 6.54 Å². The molecule has 21 heavy (non-hydrogen) atoms. The highest BCUT2D eigenvalue weighted by Gasteiger charge is 2.07. The number of hydrogen-bond donors (Lipinski definition) is 2. The van der Waals surface area contributed by atoms with E-state index in [0.29, 0.717) is 6.54 Å². The molecule has 1 aromatic carbocycles. The highest BCUT2D eigenvalue weighted by molar-refractivity contribution is 5.92. The highest BCUT2D eigenvalue weighted by Crippen LogP contribution is 2.12. The number of fused-ring (bicyclic) bond motifs is 1. The van der Waals surface area contributed by atoms with Crippen LogP contribution in [0.25, 0.3) is 10.9 Å². The van der Waals surface area contributed by atoms with Crippen molar-refractivity contribution < 1.29 is 4.79 Å². The highest BCUT2D eigenvalue weighted by atomic mass is 16.2. The number of aromatic nitrogens is 3. The van der Waals surface area contributed by atoms with Crippen molar-refractivity contribution in [3.63, 3.8) is 0 Å². The molecule has 0 radical (unpaired) electrons. The molecule has 0 aliphatic carbocycles. The second kappa shape index (κ2) is 5.54. The van der Waals surface area contributed by atoms with Crippen molar-refractivity contribution in [1.29, 1.82) is 0 Å². The van der Waals surface area contributed by atoms with E-state index >= 15 is 0 Å². The van der Waals surface area contributed by atoms with Crippen LogP contribution in [0.2, 0.25) is 0 Å². The first-order chi connectivity index (χ1) is 10.2. The van der Waals surface area contributed by atoms with Crippen molar-refractivity contribution in [1.82, 2.24) is 20.5 Å². The lowest BCUT2D eigenvalue weighted by molar-refractivity contribution is 0.0945. The summed E-state index contributed by atoms with van der Waals surface area (Å²) >= 11 is 0. The van der Waals surface area contributed by atoms with Gasteiger partial charge in [0.25, 0.3) is 11.5 Å². The van der Waals surface area contributed by atoms with E-state index in [1.807, 2.05) is 30.3 Å². The van der Waals surface area contributed by atoms with Gasteiger partial charge in [0.1, 0.15) is 5.69 Å². The van der Waals surface area contributed by atoms with Gasteiger partial charge in [0.15, 0.2) is 0 Å². The van der Waals surface area contributed by atoms with Gasteiger partial charge in [-0.3, -0.25) is 14.6 Å². The zero-order chi connectivity index (χ0) is 14.7. The van der Waals surface area contributed by atoms with Crippen LogP contribution in [-0.4, -0.2) is 21.1 Å². The van der Waals surface area contributed by atoms with Gasteiger partial charge in [0.05, 0.1) is 5.52 Å². The molecule has 2 N–H and O–H groups in total. The molecule has 0 aliphatic heterocycles. The molecule has 3 aromatic rings. The standard InChI is InChI=1S/C15H12N4O2/c20-14-6-5-13(18-19-14)15(21)17-9-10-7-11-3-1-2-4-12(11)16-8-10/h1-8H,9H2,(H,17,21)(H,19,20). The van der Waals surface area contributed by atoms with Crippen LogP contribution in [0.15, 0.2) is 53.5 Å². The molecule has 6 nitrogen and oxygen atoms in total. The Hall–Kier alpha value is -3.02. The van der Waals surface area contributed by atoms with Gasteiger partial charge < -0.3 is 5.32 Å². The van der Waals surface area contributed by atoms with Gasteiger partial charge in [-0.25, -0.2) is 5.10 Å². The van der Waals surface area contributed by atoms with Gasteiger partial charge in [0, 0.05) is 24.2 Å². The summed E-state index contributed by atoms with van der Waals surface area (Å²) in [5.74, 6) is -0.348. The lowest BCUT2D eigenvalue weighted by Crippen LogP contribution is -2.25. The molecule has 104 valence electrons. The number of pyridine rings is 1. The molecule has 6 heteroatoms. The Bertz CT molecular complexity index is 837. The fraction of sp³-hybridized carbons (Fsp3) is 0.0667. The van der Waals surface area contributed by atoms with E-state index < -0.39 is 0 Å². The van der Waals surface area contributed by atoms with Crippen LogP contribution < -0.4 is 10.9 Å². The van der Waals surface area contributed by atoms with Gasteiger partial charge in [-0.15, -0.1) is 0 Å². The average molecular weight is 280 g/mol. The summed E-state index contributed by atoms with van der Waals surface area (Å²) in [6.07, 6.45) is 1.73. The topological polar surface area (TPSA) is 87.7 Å². The van der Waals surface area contributed by atoms with E-state index in [-0.39, 0.29) is 17.2 Å². The molecule has 0 unspecified atom stereocenters. The van der Waals surface area contributed by atoms with Gasteiger partial charge in [-0.05, 0) is 23.8 Å². The molecule has 1 amide bonds. The number of carbonyl (C=O) groups excluding carboxylic acids is 1. The van der Waals surface area contributed by atoms with Crippen molar-refractivity contribution in [3.05, 3.63) is 70.3 Å². The van der Waals surface area contributed by atoms with Crippen molar-refractivity contribution >= 4 is 16.8 Å². The Kier molecular flexibility index (Phi) is 3.42. The molecule has 0 fully saturated rings. The number of H-pyrrole nitrogens is 1. The van der Waals surface area contributed by atoms with Crippen molar-refractivity contribution in [2.75, 3.05) is 0 Å². The number of carbonyl (C=O) groups is 1. The zero-order valence-corrected chi connectivity index (χ0v) is 11.0. The van der Waals surface area contributed by atoms with Crippen LogP contribution in [0.5, 0.6) is 0 Å². The van der Waals surface area contributed by atoms with E-state index in [4.69, 9.17) is 0 Å². The van der Waals surface area contributed by atoms with E-state index in [1.54, 1.807) is 6.20 Å². The van der Waals surface area contributed by atoms with Crippen LogP contribution in [-0.2, 0) is 6.54 Å². The van der Waals surface area contributed by atoms with Crippen LogP contribution >= 0.6 is 0 Å². The van der Waals surface area contributed by atoms with Crippen molar-refractivity contribution in [3.8, 4) is 0 Å². The van der Waals surface area contributed by atoms with Crippen LogP contribution in [0.4, 0.5) is 0 Å². The third-order valence-electron chi connectivity index (χ3n) is 3.01. The quantitative estimate of drug-likeness (QED) is 0.755. The van der Waals surface area contributed by atoms with E-state index in [2.05, 4.69) is 20.5 Å². The number of hydrogen-bond acceptors (Lipinski definition) is 4. The molecule has 0 saturated carbocycles. The summed E-state index contributed by atoms with van der Waals surface area (Å²) in [6.45, 7) is 0.345. The van der Waals surface area contributed by atoms with E-state index in [0.717, 1.165) is 16.5 Å². The Morgan fingerprint density at radius 1 is 1.19 bits per heavy atom. The smallest absolute Gasteiger partial charge is 0.271 e. The minimum atomic E-state index is -0.348. The predicted molar refractivity (Wildman–Crippen MR) is 77.8 cm³/mol. The molecule has 0 saturated heterocycles. The number of para-hydroxylation sites is 1. The van der Waals surface area contributed by atoms with Crippen LogP contribution in [0, 0.1) is 0 Å². The van der Waals surface area contributed by atoms with Gasteiger partial charge in [0.2, 0.25) is 0 Å². The third-order valence-corrected chi connectivity index (χ3v) is 3.01. The summed E-state index contributed by atoms with van der Waals surface area (Å²) in [4.78, 5) is 27.1.